The van der Waals surface area contributed by atoms with Gasteiger partial charge in [-0.2, -0.15) is 0 Å². The number of rotatable bonds is 2. The van der Waals surface area contributed by atoms with Crippen molar-refractivity contribution >= 4 is 17.4 Å². The first-order valence-corrected chi connectivity index (χ1v) is 9.29. The molecule has 0 N–H and O–H groups in total. The Bertz CT molecular complexity index is 1080. The zero-order valence-corrected chi connectivity index (χ0v) is 15.0. The Morgan fingerprint density at radius 2 is 1.82 bits per heavy atom. The lowest BCUT2D eigenvalue weighted by Crippen LogP contribution is -2.23. The van der Waals surface area contributed by atoms with E-state index in [9.17, 15) is 13.6 Å². The predicted molar refractivity (Wildman–Crippen MR) is 101 cm³/mol. The monoisotopic (exact) mass is 377 g/mol. The molecule has 4 nitrogen and oxygen atoms in total. The minimum Gasteiger partial charge on any atom is -0.310 e. The molecule has 0 spiro atoms. The van der Waals surface area contributed by atoms with Crippen LogP contribution in [0, 0.1) is 11.6 Å². The predicted octanol–water partition coefficient (Wildman–Crippen LogP) is 4.36. The second-order valence-electron chi connectivity index (χ2n) is 7.29. The number of hydrogen-bond acceptors (Lipinski definition) is 4. The van der Waals surface area contributed by atoms with Gasteiger partial charge in [0.2, 0.25) is 5.95 Å². The largest absolute Gasteiger partial charge is 0.310 e. The molecule has 1 aromatic heterocycles. The second-order valence-corrected chi connectivity index (χ2v) is 7.29. The van der Waals surface area contributed by atoms with Crippen molar-refractivity contribution in [3.63, 3.8) is 0 Å². The minimum absolute atomic E-state index is 0.0932. The van der Waals surface area contributed by atoms with Crippen LogP contribution in [0.3, 0.4) is 0 Å². The Morgan fingerprint density at radius 3 is 2.64 bits per heavy atom. The summed E-state index contributed by atoms with van der Waals surface area (Å²) in [7, 11) is 0. The van der Waals surface area contributed by atoms with Gasteiger partial charge in [-0.3, -0.25) is 4.79 Å². The molecule has 0 bridgehead atoms. The molecule has 5 rings (SSSR count). The highest BCUT2D eigenvalue weighted by atomic mass is 19.1. The molecule has 2 heterocycles. The van der Waals surface area contributed by atoms with E-state index in [2.05, 4.69) is 16.0 Å². The standard InChI is InChI=1S/C22H17F2N3O/c23-16-7-14(8-17(24)11-16)15-9-19-18(21(28)10-15)12-25-22(26-19)27-6-5-13-3-1-2-4-20(13)27/h1-4,7-8,11-12,15H,5-6,9-10H2/t15-/m0/s1. The number of para-hydroxylation sites is 1. The summed E-state index contributed by atoms with van der Waals surface area (Å²) < 4.78 is 27.3. The molecular weight excluding hydrogens is 360 g/mol. The molecule has 2 aromatic carbocycles. The fourth-order valence-corrected chi connectivity index (χ4v) is 4.16. The van der Waals surface area contributed by atoms with Gasteiger partial charge in [0.15, 0.2) is 5.78 Å². The van der Waals surface area contributed by atoms with Crippen LogP contribution in [0.4, 0.5) is 20.4 Å². The fourth-order valence-electron chi connectivity index (χ4n) is 4.16. The average Bonchev–Trinajstić information content (AvgIpc) is 3.11. The number of benzene rings is 2. The molecule has 1 atom stereocenters. The van der Waals surface area contributed by atoms with E-state index in [1.54, 1.807) is 6.20 Å². The number of halogens is 2. The Morgan fingerprint density at radius 1 is 1.04 bits per heavy atom. The van der Waals surface area contributed by atoms with Gasteiger partial charge in [-0.25, -0.2) is 18.7 Å². The number of nitrogens with zero attached hydrogens (tertiary/aromatic N) is 3. The first-order valence-electron chi connectivity index (χ1n) is 9.29. The van der Waals surface area contributed by atoms with E-state index < -0.39 is 11.6 Å². The van der Waals surface area contributed by atoms with Gasteiger partial charge in [0.1, 0.15) is 11.6 Å². The molecular formula is C22H17F2N3O. The van der Waals surface area contributed by atoms with Crippen LogP contribution in [0.25, 0.3) is 0 Å². The zero-order valence-electron chi connectivity index (χ0n) is 15.0. The quantitative estimate of drug-likeness (QED) is 0.666. The van der Waals surface area contributed by atoms with Crippen LogP contribution in [0.1, 0.15) is 39.5 Å². The van der Waals surface area contributed by atoms with E-state index in [-0.39, 0.29) is 18.1 Å². The Balaban J connectivity index is 1.50. The number of anilines is 2. The maximum atomic E-state index is 13.6. The maximum Gasteiger partial charge on any atom is 0.230 e. The van der Waals surface area contributed by atoms with E-state index in [0.717, 1.165) is 24.7 Å². The minimum atomic E-state index is -0.634. The van der Waals surface area contributed by atoms with Crippen LogP contribution in [0.2, 0.25) is 0 Å². The van der Waals surface area contributed by atoms with Crippen molar-refractivity contribution < 1.29 is 13.6 Å². The normalized spacial score (nSPS) is 18.1. The molecule has 0 saturated heterocycles. The lowest BCUT2D eigenvalue weighted by Gasteiger charge is -2.25. The maximum absolute atomic E-state index is 13.6. The van der Waals surface area contributed by atoms with Crippen molar-refractivity contribution in [1.29, 1.82) is 0 Å². The number of ketones is 1. The molecule has 1 aliphatic heterocycles. The molecule has 0 amide bonds. The van der Waals surface area contributed by atoms with Crippen LogP contribution >= 0.6 is 0 Å². The number of aromatic nitrogens is 2. The van der Waals surface area contributed by atoms with E-state index >= 15 is 0 Å². The highest BCUT2D eigenvalue weighted by Crippen LogP contribution is 2.36. The fraction of sp³-hybridized carbons (Fsp3) is 0.227. The molecule has 6 heteroatoms. The van der Waals surface area contributed by atoms with Gasteiger partial charge in [0.25, 0.3) is 0 Å². The van der Waals surface area contributed by atoms with Gasteiger partial charge >= 0.3 is 0 Å². The molecule has 3 aromatic rings. The molecule has 0 saturated carbocycles. The number of Topliss-reactive ketones (excluding diaryl/α,β-unsaturated/α-hetero) is 1. The van der Waals surface area contributed by atoms with Crippen LogP contribution in [-0.2, 0) is 12.8 Å². The number of carbonyl (C=O) groups is 1. The molecule has 0 fully saturated rings. The highest BCUT2D eigenvalue weighted by Gasteiger charge is 2.30. The Hall–Kier alpha value is -3.15. The molecule has 28 heavy (non-hydrogen) atoms. The third-order valence-corrected chi connectivity index (χ3v) is 5.51. The summed E-state index contributed by atoms with van der Waals surface area (Å²) in [4.78, 5) is 23.7. The van der Waals surface area contributed by atoms with Crippen LogP contribution < -0.4 is 4.90 Å². The van der Waals surface area contributed by atoms with E-state index in [0.29, 0.717) is 29.2 Å². The summed E-state index contributed by atoms with van der Waals surface area (Å²) in [6.45, 7) is 0.782. The number of fused-ring (bicyclic) bond motifs is 2. The van der Waals surface area contributed by atoms with Gasteiger partial charge in [0.05, 0.1) is 11.3 Å². The first-order chi connectivity index (χ1) is 13.6. The summed E-state index contributed by atoms with van der Waals surface area (Å²) in [5, 5.41) is 0. The lowest BCUT2D eigenvalue weighted by molar-refractivity contribution is 0.0962. The summed E-state index contributed by atoms with van der Waals surface area (Å²) in [5.74, 6) is -1.10. The van der Waals surface area contributed by atoms with Gasteiger partial charge in [-0.15, -0.1) is 0 Å². The van der Waals surface area contributed by atoms with Crippen molar-refractivity contribution in [3.05, 3.63) is 82.7 Å². The Kier molecular flexibility index (Phi) is 3.93. The number of carbonyl (C=O) groups excluding carboxylic acids is 1. The van der Waals surface area contributed by atoms with Gasteiger partial charge < -0.3 is 4.90 Å². The summed E-state index contributed by atoms with van der Waals surface area (Å²) >= 11 is 0. The van der Waals surface area contributed by atoms with Crippen molar-refractivity contribution in [2.24, 2.45) is 0 Å². The molecule has 0 radical (unpaired) electrons. The SMILES string of the molecule is O=C1C[C@@H](c2cc(F)cc(F)c2)Cc2nc(N3CCc4ccccc43)ncc21. The van der Waals surface area contributed by atoms with Crippen molar-refractivity contribution in [2.45, 2.75) is 25.2 Å². The van der Waals surface area contributed by atoms with Gasteiger partial charge in [-0.05, 0) is 48.1 Å². The van der Waals surface area contributed by atoms with Crippen LogP contribution in [0.15, 0.2) is 48.7 Å². The van der Waals surface area contributed by atoms with Gasteiger partial charge in [-0.1, -0.05) is 18.2 Å². The number of hydrogen-bond donors (Lipinski definition) is 0. The second kappa shape index (κ2) is 6.48. The smallest absolute Gasteiger partial charge is 0.230 e. The van der Waals surface area contributed by atoms with E-state index in [1.165, 1.54) is 17.7 Å². The van der Waals surface area contributed by atoms with Crippen molar-refractivity contribution in [3.8, 4) is 0 Å². The topological polar surface area (TPSA) is 46.1 Å². The van der Waals surface area contributed by atoms with Gasteiger partial charge in [0, 0.05) is 30.9 Å². The third-order valence-electron chi connectivity index (χ3n) is 5.51. The van der Waals surface area contributed by atoms with Crippen LogP contribution in [-0.4, -0.2) is 22.3 Å². The van der Waals surface area contributed by atoms with Crippen LogP contribution in [0.5, 0.6) is 0 Å². The van der Waals surface area contributed by atoms with Crippen molar-refractivity contribution in [1.82, 2.24) is 9.97 Å². The first kappa shape index (κ1) is 17.0. The zero-order chi connectivity index (χ0) is 19.3. The lowest BCUT2D eigenvalue weighted by atomic mass is 9.82. The molecule has 140 valence electrons. The van der Waals surface area contributed by atoms with Crippen molar-refractivity contribution in [2.75, 3.05) is 11.4 Å². The van der Waals surface area contributed by atoms with E-state index in [4.69, 9.17) is 0 Å². The van der Waals surface area contributed by atoms with E-state index in [1.807, 2.05) is 23.1 Å². The summed E-state index contributed by atoms with van der Waals surface area (Å²) in [5.41, 5.74) is 3.95. The summed E-state index contributed by atoms with van der Waals surface area (Å²) in [6.07, 6.45) is 3.16. The molecule has 1 aliphatic carbocycles. The third kappa shape index (κ3) is 2.85. The molecule has 2 aliphatic rings. The molecule has 0 unspecified atom stereocenters. The summed E-state index contributed by atoms with van der Waals surface area (Å²) in [6, 6.07) is 11.5. The Labute approximate surface area is 160 Å². The average molecular weight is 377 g/mol. The highest BCUT2D eigenvalue weighted by molar-refractivity contribution is 5.98.